The Hall–Kier alpha value is -0.870. The average molecular weight is 285 g/mol. The number of amides is 1. The van der Waals surface area contributed by atoms with Crippen molar-refractivity contribution in [1.82, 2.24) is 10.6 Å². The summed E-state index contributed by atoms with van der Waals surface area (Å²) in [5.74, 6) is 0.103. The fourth-order valence-corrected chi connectivity index (χ4v) is 1.59. The van der Waals surface area contributed by atoms with Crippen LogP contribution in [0.15, 0.2) is 28.7 Å². The van der Waals surface area contributed by atoms with Crippen LogP contribution in [0.4, 0.5) is 0 Å². The number of carbonyl (C=O) groups is 1. The van der Waals surface area contributed by atoms with E-state index in [0.717, 1.165) is 17.4 Å². The first-order valence-corrected chi connectivity index (χ1v) is 6.17. The highest BCUT2D eigenvalue weighted by Crippen LogP contribution is 2.10. The van der Waals surface area contributed by atoms with Gasteiger partial charge in [-0.2, -0.15) is 0 Å². The topological polar surface area (TPSA) is 41.1 Å². The molecule has 2 N–H and O–H groups in total. The predicted molar refractivity (Wildman–Crippen MR) is 69.4 cm³/mol. The van der Waals surface area contributed by atoms with E-state index in [-0.39, 0.29) is 5.91 Å². The van der Waals surface area contributed by atoms with Crippen molar-refractivity contribution >= 4 is 21.8 Å². The van der Waals surface area contributed by atoms with Gasteiger partial charge in [0.1, 0.15) is 0 Å². The van der Waals surface area contributed by atoms with Crippen molar-refractivity contribution in [1.29, 1.82) is 0 Å². The Morgan fingerprint density at radius 1 is 1.25 bits per heavy atom. The summed E-state index contributed by atoms with van der Waals surface area (Å²) in [5.41, 5.74) is 1.23. The quantitative estimate of drug-likeness (QED) is 0.835. The van der Waals surface area contributed by atoms with Crippen molar-refractivity contribution in [3.63, 3.8) is 0 Å². The molecule has 16 heavy (non-hydrogen) atoms. The SMILES string of the molecule is CNCCC(=O)NCCc1ccc(Br)cc1. The molecule has 0 aliphatic rings. The molecule has 4 heteroatoms. The molecule has 0 aliphatic heterocycles. The van der Waals surface area contributed by atoms with E-state index >= 15 is 0 Å². The molecule has 0 spiro atoms. The van der Waals surface area contributed by atoms with Crippen molar-refractivity contribution in [2.45, 2.75) is 12.8 Å². The predicted octanol–water partition coefficient (Wildman–Crippen LogP) is 1.72. The summed E-state index contributed by atoms with van der Waals surface area (Å²) in [5, 5.41) is 5.84. The Kier molecular flexibility index (Phi) is 6.11. The lowest BCUT2D eigenvalue weighted by molar-refractivity contribution is -0.120. The van der Waals surface area contributed by atoms with Gasteiger partial charge in [-0.3, -0.25) is 4.79 Å². The van der Waals surface area contributed by atoms with Gasteiger partial charge in [0.25, 0.3) is 0 Å². The number of rotatable bonds is 6. The summed E-state index contributed by atoms with van der Waals surface area (Å²) in [6.07, 6.45) is 1.41. The van der Waals surface area contributed by atoms with E-state index in [2.05, 4.69) is 38.7 Å². The van der Waals surface area contributed by atoms with E-state index < -0.39 is 0 Å². The van der Waals surface area contributed by atoms with Gasteiger partial charge in [0.2, 0.25) is 5.91 Å². The lowest BCUT2D eigenvalue weighted by Crippen LogP contribution is -2.28. The third kappa shape index (κ3) is 5.28. The number of hydrogen-bond donors (Lipinski definition) is 2. The molecule has 1 rings (SSSR count). The summed E-state index contributed by atoms with van der Waals surface area (Å²) in [6, 6.07) is 8.14. The minimum Gasteiger partial charge on any atom is -0.356 e. The maximum absolute atomic E-state index is 11.3. The minimum absolute atomic E-state index is 0.103. The third-order valence-corrected chi connectivity index (χ3v) is 2.78. The van der Waals surface area contributed by atoms with E-state index in [0.29, 0.717) is 13.0 Å². The zero-order valence-corrected chi connectivity index (χ0v) is 11.0. The maximum atomic E-state index is 11.3. The van der Waals surface area contributed by atoms with Crippen molar-refractivity contribution < 1.29 is 4.79 Å². The van der Waals surface area contributed by atoms with Gasteiger partial charge in [-0.15, -0.1) is 0 Å². The molecule has 0 radical (unpaired) electrons. The fraction of sp³-hybridized carbons (Fsp3) is 0.417. The minimum atomic E-state index is 0.103. The Balaban J connectivity index is 2.20. The standard InChI is InChI=1S/C12H17BrN2O/c1-14-8-7-12(16)15-9-6-10-2-4-11(13)5-3-10/h2-5,14H,6-9H2,1H3,(H,15,16). The van der Waals surface area contributed by atoms with Gasteiger partial charge >= 0.3 is 0 Å². The summed E-state index contributed by atoms with van der Waals surface area (Å²) < 4.78 is 1.08. The molecule has 1 amide bonds. The highest BCUT2D eigenvalue weighted by molar-refractivity contribution is 9.10. The van der Waals surface area contributed by atoms with Crippen LogP contribution >= 0.6 is 15.9 Å². The van der Waals surface area contributed by atoms with E-state index in [9.17, 15) is 4.79 Å². The molecule has 0 atom stereocenters. The molecular formula is C12H17BrN2O. The van der Waals surface area contributed by atoms with Crippen LogP contribution in [0.3, 0.4) is 0 Å². The first kappa shape index (κ1) is 13.2. The van der Waals surface area contributed by atoms with Crippen LogP contribution < -0.4 is 10.6 Å². The number of carbonyl (C=O) groups excluding carboxylic acids is 1. The average Bonchev–Trinajstić information content (AvgIpc) is 2.29. The van der Waals surface area contributed by atoms with Crippen LogP contribution in [-0.4, -0.2) is 26.0 Å². The second kappa shape index (κ2) is 7.41. The molecule has 0 aromatic heterocycles. The number of nitrogens with one attached hydrogen (secondary N) is 2. The lowest BCUT2D eigenvalue weighted by atomic mass is 10.1. The second-order valence-electron chi connectivity index (χ2n) is 3.58. The van der Waals surface area contributed by atoms with Gasteiger partial charge < -0.3 is 10.6 Å². The highest BCUT2D eigenvalue weighted by Gasteiger charge is 1.99. The van der Waals surface area contributed by atoms with E-state index in [4.69, 9.17) is 0 Å². The van der Waals surface area contributed by atoms with Crippen molar-refractivity contribution in [3.05, 3.63) is 34.3 Å². The zero-order chi connectivity index (χ0) is 11.8. The summed E-state index contributed by atoms with van der Waals surface area (Å²) in [7, 11) is 1.84. The smallest absolute Gasteiger partial charge is 0.221 e. The first-order chi connectivity index (χ1) is 7.72. The van der Waals surface area contributed by atoms with Crippen LogP contribution in [0.1, 0.15) is 12.0 Å². The highest BCUT2D eigenvalue weighted by atomic mass is 79.9. The molecule has 0 aliphatic carbocycles. The van der Waals surface area contributed by atoms with Crippen LogP contribution in [0, 0.1) is 0 Å². The number of benzene rings is 1. The molecule has 0 saturated heterocycles. The molecule has 0 heterocycles. The van der Waals surface area contributed by atoms with Gasteiger partial charge in [-0.25, -0.2) is 0 Å². The Morgan fingerprint density at radius 3 is 2.56 bits per heavy atom. The maximum Gasteiger partial charge on any atom is 0.221 e. The van der Waals surface area contributed by atoms with Gasteiger partial charge in [0, 0.05) is 24.0 Å². The van der Waals surface area contributed by atoms with E-state index in [1.165, 1.54) is 5.56 Å². The van der Waals surface area contributed by atoms with Crippen LogP contribution in [0.2, 0.25) is 0 Å². The second-order valence-corrected chi connectivity index (χ2v) is 4.50. The Bertz CT molecular complexity index is 324. The third-order valence-electron chi connectivity index (χ3n) is 2.25. The summed E-state index contributed by atoms with van der Waals surface area (Å²) in [4.78, 5) is 11.3. The zero-order valence-electron chi connectivity index (χ0n) is 9.42. The number of halogens is 1. The lowest BCUT2D eigenvalue weighted by Gasteiger charge is -2.05. The van der Waals surface area contributed by atoms with Crippen molar-refractivity contribution in [3.8, 4) is 0 Å². The monoisotopic (exact) mass is 284 g/mol. The fourth-order valence-electron chi connectivity index (χ4n) is 1.32. The molecule has 0 bridgehead atoms. The molecule has 0 saturated carbocycles. The molecule has 3 nitrogen and oxygen atoms in total. The number of hydrogen-bond acceptors (Lipinski definition) is 2. The molecule has 1 aromatic carbocycles. The Labute approximate surface area is 105 Å². The molecule has 1 aromatic rings. The van der Waals surface area contributed by atoms with Crippen LogP contribution in [-0.2, 0) is 11.2 Å². The van der Waals surface area contributed by atoms with E-state index in [1.54, 1.807) is 0 Å². The van der Waals surface area contributed by atoms with E-state index in [1.807, 2.05) is 19.2 Å². The molecule has 88 valence electrons. The summed E-state index contributed by atoms with van der Waals surface area (Å²) in [6.45, 7) is 1.42. The van der Waals surface area contributed by atoms with Gasteiger partial charge in [-0.05, 0) is 31.2 Å². The molecule has 0 fully saturated rings. The van der Waals surface area contributed by atoms with Crippen LogP contribution in [0.5, 0.6) is 0 Å². The van der Waals surface area contributed by atoms with Gasteiger partial charge in [0.15, 0.2) is 0 Å². The van der Waals surface area contributed by atoms with Crippen molar-refractivity contribution in [2.24, 2.45) is 0 Å². The normalized spacial score (nSPS) is 10.1. The summed E-state index contributed by atoms with van der Waals surface area (Å²) >= 11 is 3.39. The van der Waals surface area contributed by atoms with Crippen LogP contribution in [0.25, 0.3) is 0 Å². The Morgan fingerprint density at radius 2 is 1.94 bits per heavy atom. The molecule has 0 unspecified atom stereocenters. The first-order valence-electron chi connectivity index (χ1n) is 5.38. The molecular weight excluding hydrogens is 268 g/mol. The van der Waals surface area contributed by atoms with Crippen molar-refractivity contribution in [2.75, 3.05) is 20.1 Å². The van der Waals surface area contributed by atoms with Gasteiger partial charge in [0.05, 0.1) is 0 Å². The largest absolute Gasteiger partial charge is 0.356 e. The van der Waals surface area contributed by atoms with Gasteiger partial charge in [-0.1, -0.05) is 28.1 Å².